The molecule has 0 spiro atoms. The van der Waals surface area contributed by atoms with Gasteiger partial charge in [-0.3, -0.25) is 4.79 Å². The first kappa shape index (κ1) is 10.0. The van der Waals surface area contributed by atoms with Crippen LogP contribution in [0, 0.1) is 12.3 Å². The van der Waals surface area contributed by atoms with Crippen LogP contribution in [-0.4, -0.2) is 5.91 Å². The highest BCUT2D eigenvalue weighted by atomic mass is 16.1. The van der Waals surface area contributed by atoms with Crippen LogP contribution in [-0.2, 0) is 4.79 Å². The molecule has 2 nitrogen and oxygen atoms in total. The lowest BCUT2D eigenvalue weighted by Crippen LogP contribution is -2.09. The van der Waals surface area contributed by atoms with E-state index in [2.05, 4.69) is 5.92 Å². The van der Waals surface area contributed by atoms with E-state index in [4.69, 9.17) is 12.2 Å². The predicted molar refractivity (Wildman–Crippen MR) is 45.7 cm³/mol. The summed E-state index contributed by atoms with van der Waals surface area (Å²) in [5, 5.41) is 0. The monoisotopic (exact) mass is 153 g/mol. The highest BCUT2D eigenvalue weighted by Crippen LogP contribution is 2.03. The Balaban J connectivity index is 2.92. The zero-order valence-corrected chi connectivity index (χ0v) is 6.81. The van der Waals surface area contributed by atoms with Crippen molar-refractivity contribution in [3.63, 3.8) is 0 Å². The van der Waals surface area contributed by atoms with Gasteiger partial charge in [0, 0.05) is 12.8 Å². The van der Waals surface area contributed by atoms with Crippen LogP contribution in [0.3, 0.4) is 0 Å². The molecule has 0 aromatic rings. The van der Waals surface area contributed by atoms with Gasteiger partial charge in [-0.15, -0.1) is 12.3 Å². The van der Waals surface area contributed by atoms with Crippen molar-refractivity contribution in [3.05, 3.63) is 0 Å². The fourth-order valence-electron chi connectivity index (χ4n) is 0.880. The summed E-state index contributed by atoms with van der Waals surface area (Å²) in [5.41, 5.74) is 4.96. The minimum absolute atomic E-state index is 0.207. The third kappa shape index (κ3) is 9.03. The maximum absolute atomic E-state index is 10.3. The van der Waals surface area contributed by atoms with Gasteiger partial charge in [0.2, 0.25) is 5.91 Å². The molecule has 0 aromatic heterocycles. The van der Waals surface area contributed by atoms with Gasteiger partial charge in [-0.25, -0.2) is 0 Å². The first-order valence-corrected chi connectivity index (χ1v) is 3.99. The van der Waals surface area contributed by atoms with Gasteiger partial charge in [0.1, 0.15) is 0 Å². The molecule has 0 radical (unpaired) electrons. The average Bonchev–Trinajstić information content (AvgIpc) is 1.96. The Morgan fingerprint density at radius 2 is 1.91 bits per heavy atom. The fraction of sp³-hybridized carbons (Fsp3) is 0.667. The van der Waals surface area contributed by atoms with Gasteiger partial charge >= 0.3 is 0 Å². The lowest BCUT2D eigenvalue weighted by molar-refractivity contribution is -0.118. The molecule has 0 rings (SSSR count). The molecule has 2 heteroatoms. The Morgan fingerprint density at radius 3 is 2.45 bits per heavy atom. The zero-order chi connectivity index (χ0) is 8.53. The number of unbranched alkanes of at least 4 members (excludes halogenated alkanes) is 4. The van der Waals surface area contributed by atoms with E-state index in [1.807, 2.05) is 0 Å². The maximum atomic E-state index is 10.3. The van der Waals surface area contributed by atoms with Crippen LogP contribution < -0.4 is 5.73 Å². The SMILES string of the molecule is C#CCCCCCCC(N)=O. The summed E-state index contributed by atoms with van der Waals surface area (Å²) >= 11 is 0. The summed E-state index contributed by atoms with van der Waals surface area (Å²) in [6.07, 6.45) is 10.6. The van der Waals surface area contributed by atoms with E-state index >= 15 is 0 Å². The largest absolute Gasteiger partial charge is 0.370 e. The number of hydrogen-bond donors (Lipinski definition) is 1. The van der Waals surface area contributed by atoms with Crippen molar-refractivity contribution in [2.75, 3.05) is 0 Å². The van der Waals surface area contributed by atoms with Gasteiger partial charge in [-0.2, -0.15) is 0 Å². The van der Waals surface area contributed by atoms with E-state index in [-0.39, 0.29) is 5.91 Å². The molecule has 2 N–H and O–H groups in total. The van der Waals surface area contributed by atoms with Crippen LogP contribution in [0.25, 0.3) is 0 Å². The molecule has 1 amide bonds. The Morgan fingerprint density at radius 1 is 1.27 bits per heavy atom. The summed E-state index contributed by atoms with van der Waals surface area (Å²) in [4.78, 5) is 10.3. The number of carbonyl (C=O) groups is 1. The Labute approximate surface area is 68.2 Å². The van der Waals surface area contributed by atoms with Crippen LogP contribution in [0.2, 0.25) is 0 Å². The van der Waals surface area contributed by atoms with Crippen molar-refractivity contribution in [1.82, 2.24) is 0 Å². The van der Waals surface area contributed by atoms with E-state index in [1.54, 1.807) is 0 Å². The third-order valence-electron chi connectivity index (χ3n) is 1.49. The number of hydrogen-bond acceptors (Lipinski definition) is 1. The Bertz CT molecular complexity index is 146. The summed E-state index contributed by atoms with van der Waals surface area (Å²) in [7, 11) is 0. The molecule has 0 heterocycles. The standard InChI is InChI=1S/C9H15NO/c1-2-3-4-5-6-7-8-9(10)11/h1H,3-8H2,(H2,10,11). The quantitative estimate of drug-likeness (QED) is 0.455. The molecule has 62 valence electrons. The lowest BCUT2D eigenvalue weighted by atomic mass is 10.1. The molecule has 0 aliphatic rings. The van der Waals surface area contributed by atoms with Crippen molar-refractivity contribution in [1.29, 1.82) is 0 Å². The number of carbonyl (C=O) groups excluding carboxylic acids is 1. The summed E-state index contributed by atoms with van der Waals surface area (Å²) in [6.45, 7) is 0. The first-order chi connectivity index (χ1) is 5.27. The van der Waals surface area contributed by atoms with Crippen molar-refractivity contribution >= 4 is 5.91 Å². The van der Waals surface area contributed by atoms with Crippen LogP contribution >= 0.6 is 0 Å². The van der Waals surface area contributed by atoms with Crippen LogP contribution in [0.4, 0.5) is 0 Å². The summed E-state index contributed by atoms with van der Waals surface area (Å²) in [5.74, 6) is 2.37. The van der Waals surface area contributed by atoms with Gasteiger partial charge in [0.25, 0.3) is 0 Å². The molecule has 0 saturated heterocycles. The van der Waals surface area contributed by atoms with Gasteiger partial charge in [-0.05, 0) is 12.8 Å². The molecule has 0 saturated carbocycles. The molecule has 0 unspecified atom stereocenters. The Kier molecular flexibility index (Phi) is 6.51. The summed E-state index contributed by atoms with van der Waals surface area (Å²) in [6, 6.07) is 0. The second-order valence-electron chi connectivity index (χ2n) is 2.58. The predicted octanol–water partition coefficient (Wildman–Crippen LogP) is 1.45. The van der Waals surface area contributed by atoms with Crippen molar-refractivity contribution < 1.29 is 4.79 Å². The van der Waals surface area contributed by atoms with Crippen molar-refractivity contribution in [3.8, 4) is 12.3 Å². The second-order valence-corrected chi connectivity index (χ2v) is 2.58. The number of nitrogens with two attached hydrogens (primary N) is 1. The minimum atomic E-state index is -0.207. The lowest BCUT2D eigenvalue weighted by Gasteiger charge is -1.95. The van der Waals surface area contributed by atoms with E-state index in [0.717, 1.165) is 32.1 Å². The van der Waals surface area contributed by atoms with Gasteiger partial charge < -0.3 is 5.73 Å². The van der Waals surface area contributed by atoms with Crippen molar-refractivity contribution in [2.45, 2.75) is 38.5 Å². The number of terminal acetylenes is 1. The van der Waals surface area contributed by atoms with E-state index < -0.39 is 0 Å². The number of rotatable bonds is 6. The molecular formula is C9H15NO. The average molecular weight is 153 g/mol. The number of amides is 1. The smallest absolute Gasteiger partial charge is 0.217 e. The van der Waals surface area contributed by atoms with Crippen LogP contribution in [0.5, 0.6) is 0 Å². The van der Waals surface area contributed by atoms with E-state index in [1.165, 1.54) is 0 Å². The highest BCUT2D eigenvalue weighted by Gasteiger charge is 1.93. The molecule has 0 aromatic carbocycles. The van der Waals surface area contributed by atoms with Gasteiger partial charge in [0.15, 0.2) is 0 Å². The Hall–Kier alpha value is -0.970. The molecule has 0 atom stereocenters. The normalized spacial score (nSPS) is 9.00. The maximum Gasteiger partial charge on any atom is 0.217 e. The molecular weight excluding hydrogens is 138 g/mol. The second kappa shape index (κ2) is 7.14. The van der Waals surface area contributed by atoms with Gasteiger partial charge in [-0.1, -0.05) is 12.8 Å². The van der Waals surface area contributed by atoms with Gasteiger partial charge in [0.05, 0.1) is 0 Å². The third-order valence-corrected chi connectivity index (χ3v) is 1.49. The molecule has 0 aliphatic heterocycles. The summed E-state index contributed by atoms with van der Waals surface area (Å²) < 4.78 is 0. The van der Waals surface area contributed by atoms with E-state index in [0.29, 0.717) is 6.42 Å². The topological polar surface area (TPSA) is 43.1 Å². The molecule has 0 fully saturated rings. The van der Waals surface area contributed by atoms with Crippen LogP contribution in [0.15, 0.2) is 0 Å². The van der Waals surface area contributed by atoms with Crippen LogP contribution in [0.1, 0.15) is 38.5 Å². The zero-order valence-electron chi connectivity index (χ0n) is 6.81. The number of primary amides is 1. The highest BCUT2D eigenvalue weighted by molar-refractivity contribution is 5.73. The molecule has 11 heavy (non-hydrogen) atoms. The molecule has 0 bridgehead atoms. The minimum Gasteiger partial charge on any atom is -0.370 e. The molecule has 0 aliphatic carbocycles. The van der Waals surface area contributed by atoms with E-state index in [9.17, 15) is 4.79 Å². The first-order valence-electron chi connectivity index (χ1n) is 3.99. The van der Waals surface area contributed by atoms with Crippen molar-refractivity contribution in [2.24, 2.45) is 5.73 Å². The fourth-order valence-corrected chi connectivity index (χ4v) is 0.880.